The van der Waals surface area contributed by atoms with E-state index in [1.807, 2.05) is 22.8 Å². The van der Waals surface area contributed by atoms with Crippen LogP contribution in [0.15, 0.2) is 36.7 Å². The third-order valence-corrected chi connectivity index (χ3v) is 4.63. The lowest BCUT2D eigenvalue weighted by molar-refractivity contribution is 0.171. The Kier molecular flexibility index (Phi) is 4.28. The van der Waals surface area contributed by atoms with E-state index in [4.69, 9.17) is 9.47 Å². The number of fused-ring (bicyclic) bond motifs is 2. The number of hydrogen-bond donors (Lipinski definition) is 1. The molecule has 0 fully saturated rings. The number of hydrogen-bond acceptors (Lipinski definition) is 5. The van der Waals surface area contributed by atoms with E-state index in [-0.39, 0.29) is 6.04 Å². The molecule has 2 aromatic heterocycles. The van der Waals surface area contributed by atoms with Crippen molar-refractivity contribution in [1.29, 1.82) is 0 Å². The van der Waals surface area contributed by atoms with Gasteiger partial charge in [-0.3, -0.25) is 0 Å². The normalized spacial score (nSPS) is 14.6. The molecule has 1 aromatic carbocycles. The lowest BCUT2D eigenvalue weighted by Crippen LogP contribution is -2.23. The SMILES string of the molecule is Cc1c(C(C)NCCc2ccc3c(c2)OCCO3)cnc2ccnn12. The summed E-state index contributed by atoms with van der Waals surface area (Å²) in [6.45, 7) is 6.35. The highest BCUT2D eigenvalue weighted by atomic mass is 16.6. The van der Waals surface area contributed by atoms with E-state index in [0.29, 0.717) is 13.2 Å². The number of rotatable bonds is 5. The smallest absolute Gasteiger partial charge is 0.161 e. The molecule has 1 N–H and O–H groups in total. The van der Waals surface area contributed by atoms with Gasteiger partial charge < -0.3 is 14.8 Å². The Bertz CT molecular complexity index is 890. The molecule has 0 aliphatic carbocycles. The van der Waals surface area contributed by atoms with Gasteiger partial charge in [-0.1, -0.05) is 6.07 Å². The van der Waals surface area contributed by atoms with Gasteiger partial charge in [0.2, 0.25) is 0 Å². The van der Waals surface area contributed by atoms with Crippen LogP contribution in [0.25, 0.3) is 5.65 Å². The Hall–Kier alpha value is -2.60. The zero-order valence-electron chi connectivity index (χ0n) is 14.5. The fourth-order valence-electron chi connectivity index (χ4n) is 3.22. The largest absolute Gasteiger partial charge is 0.486 e. The number of benzene rings is 1. The summed E-state index contributed by atoms with van der Waals surface area (Å²) in [6, 6.07) is 8.29. The van der Waals surface area contributed by atoms with Crippen molar-refractivity contribution in [3.8, 4) is 11.5 Å². The monoisotopic (exact) mass is 338 g/mol. The highest BCUT2D eigenvalue weighted by Gasteiger charge is 2.13. The maximum atomic E-state index is 5.65. The average molecular weight is 338 g/mol. The van der Waals surface area contributed by atoms with Crippen molar-refractivity contribution in [1.82, 2.24) is 19.9 Å². The molecule has 130 valence electrons. The minimum atomic E-state index is 0.207. The molecular weight excluding hydrogens is 316 g/mol. The molecule has 6 heteroatoms. The van der Waals surface area contributed by atoms with E-state index < -0.39 is 0 Å². The summed E-state index contributed by atoms with van der Waals surface area (Å²) in [6.07, 6.45) is 4.64. The van der Waals surface area contributed by atoms with Crippen molar-refractivity contribution in [2.75, 3.05) is 19.8 Å². The number of aromatic nitrogens is 3. The van der Waals surface area contributed by atoms with Gasteiger partial charge in [-0.25, -0.2) is 9.50 Å². The molecule has 4 rings (SSSR count). The van der Waals surface area contributed by atoms with Crippen LogP contribution in [-0.4, -0.2) is 34.4 Å². The average Bonchev–Trinajstić information content (AvgIpc) is 3.11. The first-order valence-corrected chi connectivity index (χ1v) is 8.63. The molecule has 3 aromatic rings. The van der Waals surface area contributed by atoms with E-state index in [1.54, 1.807) is 6.20 Å². The highest BCUT2D eigenvalue weighted by Crippen LogP contribution is 2.30. The first-order valence-electron chi connectivity index (χ1n) is 8.63. The van der Waals surface area contributed by atoms with E-state index in [1.165, 1.54) is 11.1 Å². The van der Waals surface area contributed by atoms with Crippen molar-refractivity contribution in [3.63, 3.8) is 0 Å². The predicted octanol–water partition coefficient (Wildman–Crippen LogP) is 2.70. The molecule has 0 spiro atoms. The fourth-order valence-corrected chi connectivity index (χ4v) is 3.22. The first-order chi connectivity index (χ1) is 12.2. The van der Waals surface area contributed by atoms with Crippen LogP contribution < -0.4 is 14.8 Å². The summed E-state index contributed by atoms with van der Waals surface area (Å²) in [7, 11) is 0. The topological polar surface area (TPSA) is 60.7 Å². The molecule has 0 amide bonds. The van der Waals surface area contributed by atoms with Gasteiger partial charge in [-0.2, -0.15) is 5.10 Å². The van der Waals surface area contributed by atoms with Crippen LogP contribution in [-0.2, 0) is 6.42 Å². The molecule has 3 heterocycles. The zero-order chi connectivity index (χ0) is 17.2. The fraction of sp³-hybridized carbons (Fsp3) is 0.368. The van der Waals surface area contributed by atoms with Gasteiger partial charge in [-0.15, -0.1) is 0 Å². The summed E-state index contributed by atoms with van der Waals surface area (Å²) in [5.41, 5.74) is 4.40. The van der Waals surface area contributed by atoms with E-state index >= 15 is 0 Å². The molecule has 0 bridgehead atoms. The van der Waals surface area contributed by atoms with Crippen LogP contribution in [0.4, 0.5) is 0 Å². The molecule has 6 nitrogen and oxygen atoms in total. The highest BCUT2D eigenvalue weighted by molar-refractivity contribution is 5.44. The van der Waals surface area contributed by atoms with E-state index in [9.17, 15) is 0 Å². The van der Waals surface area contributed by atoms with E-state index in [0.717, 1.165) is 35.8 Å². The lowest BCUT2D eigenvalue weighted by atomic mass is 10.1. The molecule has 1 unspecified atom stereocenters. The molecule has 0 radical (unpaired) electrons. The lowest BCUT2D eigenvalue weighted by Gasteiger charge is -2.19. The molecule has 1 aliphatic heterocycles. The van der Waals surface area contributed by atoms with Crippen molar-refractivity contribution in [2.24, 2.45) is 0 Å². The van der Waals surface area contributed by atoms with Crippen LogP contribution in [0.2, 0.25) is 0 Å². The second kappa shape index (κ2) is 6.72. The van der Waals surface area contributed by atoms with E-state index in [2.05, 4.69) is 41.4 Å². The third-order valence-electron chi connectivity index (χ3n) is 4.63. The van der Waals surface area contributed by atoms with Crippen LogP contribution in [0, 0.1) is 6.92 Å². The number of nitrogens with zero attached hydrogens (tertiary/aromatic N) is 3. The molecule has 25 heavy (non-hydrogen) atoms. The maximum absolute atomic E-state index is 5.65. The van der Waals surface area contributed by atoms with Gasteiger partial charge in [0, 0.05) is 29.6 Å². The van der Waals surface area contributed by atoms with Crippen molar-refractivity contribution in [2.45, 2.75) is 26.3 Å². The van der Waals surface area contributed by atoms with Crippen LogP contribution in [0.1, 0.15) is 29.8 Å². The van der Waals surface area contributed by atoms with Gasteiger partial charge in [0.1, 0.15) is 13.2 Å². The summed E-state index contributed by atoms with van der Waals surface area (Å²) in [5.74, 6) is 1.69. The second-order valence-corrected chi connectivity index (χ2v) is 6.30. The molecule has 0 saturated heterocycles. The third kappa shape index (κ3) is 3.17. The van der Waals surface area contributed by atoms with Gasteiger partial charge in [0.05, 0.1) is 6.20 Å². The van der Waals surface area contributed by atoms with Crippen molar-refractivity contribution >= 4 is 5.65 Å². The van der Waals surface area contributed by atoms with Crippen molar-refractivity contribution in [3.05, 3.63) is 53.5 Å². The summed E-state index contributed by atoms with van der Waals surface area (Å²) in [5, 5.41) is 7.90. The van der Waals surface area contributed by atoms with Gasteiger partial charge in [0.25, 0.3) is 0 Å². The molecule has 1 atom stereocenters. The maximum Gasteiger partial charge on any atom is 0.161 e. The first kappa shape index (κ1) is 15.9. The Morgan fingerprint density at radius 2 is 2.04 bits per heavy atom. The Balaban J connectivity index is 1.40. The van der Waals surface area contributed by atoms with Gasteiger partial charge in [-0.05, 0) is 44.5 Å². The Labute approximate surface area is 146 Å². The van der Waals surface area contributed by atoms with Crippen LogP contribution in [0.3, 0.4) is 0 Å². The molecule has 1 aliphatic rings. The van der Waals surface area contributed by atoms with Crippen molar-refractivity contribution < 1.29 is 9.47 Å². The Morgan fingerprint density at radius 1 is 1.20 bits per heavy atom. The van der Waals surface area contributed by atoms with Crippen LogP contribution in [0.5, 0.6) is 11.5 Å². The quantitative estimate of drug-likeness (QED) is 0.775. The summed E-state index contributed by atoms with van der Waals surface area (Å²) >= 11 is 0. The molecule has 0 saturated carbocycles. The summed E-state index contributed by atoms with van der Waals surface area (Å²) in [4.78, 5) is 4.47. The number of ether oxygens (including phenoxy) is 2. The second-order valence-electron chi connectivity index (χ2n) is 6.30. The molecular formula is C19H22N4O2. The van der Waals surface area contributed by atoms with Gasteiger partial charge in [0.15, 0.2) is 17.1 Å². The minimum Gasteiger partial charge on any atom is -0.486 e. The zero-order valence-corrected chi connectivity index (χ0v) is 14.5. The van der Waals surface area contributed by atoms with Crippen LogP contribution >= 0.6 is 0 Å². The Morgan fingerprint density at radius 3 is 2.92 bits per heavy atom. The predicted molar refractivity (Wildman–Crippen MR) is 95.3 cm³/mol. The number of aryl methyl sites for hydroxylation is 1. The van der Waals surface area contributed by atoms with Gasteiger partial charge >= 0.3 is 0 Å². The number of nitrogens with one attached hydrogen (secondary N) is 1. The standard InChI is InChI=1S/C19H22N4O2/c1-13(16-12-21-19-6-8-22-23(19)14(16)2)20-7-5-15-3-4-17-18(11-15)25-10-9-24-17/h3-4,6,8,11-13,20H,5,7,9-10H2,1-2H3. The summed E-state index contributed by atoms with van der Waals surface area (Å²) < 4.78 is 13.1. The minimum absolute atomic E-state index is 0.207.